The van der Waals surface area contributed by atoms with Gasteiger partial charge < -0.3 is 29.1 Å². The van der Waals surface area contributed by atoms with Gasteiger partial charge in [-0.2, -0.15) is 0 Å². The smallest absolute Gasteiger partial charge is 0.360 e. The van der Waals surface area contributed by atoms with E-state index in [1.54, 1.807) is 62.4 Å². The number of aliphatic hydroxyl groups is 1. The first-order chi connectivity index (χ1) is 17.8. The number of aliphatic hydroxyl groups excluding tert-OH is 1. The number of amides is 1. The molecule has 0 radical (unpaired) electrons. The zero-order valence-electron chi connectivity index (χ0n) is 20.7. The normalized spacial score (nSPS) is 17.5. The van der Waals surface area contributed by atoms with E-state index < -0.39 is 18.0 Å². The highest BCUT2D eigenvalue weighted by atomic mass is 16.7. The van der Waals surface area contributed by atoms with Crippen LogP contribution in [0.4, 0.5) is 5.69 Å². The van der Waals surface area contributed by atoms with E-state index in [4.69, 9.17) is 18.6 Å². The van der Waals surface area contributed by atoms with Crippen LogP contribution in [0, 0.1) is 6.92 Å². The third kappa shape index (κ3) is 7.05. The predicted molar refractivity (Wildman–Crippen MR) is 137 cm³/mol. The second-order valence-electron chi connectivity index (χ2n) is 8.93. The van der Waals surface area contributed by atoms with Crippen LogP contribution in [0.25, 0.3) is 11.0 Å². The minimum Gasteiger partial charge on any atom is -0.464 e. The Morgan fingerprint density at radius 3 is 2.70 bits per heavy atom. The van der Waals surface area contributed by atoms with Crippen LogP contribution in [0.1, 0.15) is 38.2 Å². The van der Waals surface area contributed by atoms with Gasteiger partial charge in [0.15, 0.2) is 0 Å². The standard InChI is InChI=1S/C28H29NO8/c1-17(7-6-10-25(32)35-21-8-4-3-5-9-21)13-24(31)29-22-14-19-11-12-23(18(2)27(19)37-28(22)33)36-26-15-20(30)16-34-26/h3-5,7-9,11-12,14,20,26,30H,6,10,13,15-16H2,1-2H3,(H,29,31)/t20-,26+/m1/s1. The van der Waals surface area contributed by atoms with Gasteiger partial charge in [0.25, 0.3) is 0 Å². The molecule has 0 saturated carbocycles. The quantitative estimate of drug-likeness (QED) is 0.191. The van der Waals surface area contributed by atoms with Crippen LogP contribution in [-0.4, -0.2) is 36.0 Å². The van der Waals surface area contributed by atoms with Crippen LogP contribution < -0.4 is 20.4 Å². The summed E-state index contributed by atoms with van der Waals surface area (Å²) in [6, 6.07) is 13.8. The van der Waals surface area contributed by atoms with Crippen LogP contribution in [-0.2, 0) is 14.3 Å². The molecule has 1 fully saturated rings. The number of ether oxygens (including phenoxy) is 3. The second-order valence-corrected chi connectivity index (χ2v) is 8.93. The Bertz CT molecular complexity index is 1360. The molecule has 1 saturated heterocycles. The average molecular weight is 508 g/mol. The summed E-state index contributed by atoms with van der Waals surface area (Å²) in [4.78, 5) is 37.0. The molecule has 2 heterocycles. The number of para-hydroxylation sites is 1. The zero-order chi connectivity index (χ0) is 26.4. The van der Waals surface area contributed by atoms with Gasteiger partial charge >= 0.3 is 11.6 Å². The largest absolute Gasteiger partial charge is 0.464 e. The van der Waals surface area contributed by atoms with Crippen LogP contribution >= 0.6 is 0 Å². The number of aryl methyl sites for hydroxylation is 1. The van der Waals surface area contributed by atoms with E-state index in [1.807, 2.05) is 6.07 Å². The van der Waals surface area contributed by atoms with E-state index in [2.05, 4.69) is 5.32 Å². The van der Waals surface area contributed by atoms with Crippen molar-refractivity contribution in [1.82, 2.24) is 0 Å². The van der Waals surface area contributed by atoms with Crippen LogP contribution in [0.3, 0.4) is 0 Å². The summed E-state index contributed by atoms with van der Waals surface area (Å²) >= 11 is 0. The highest BCUT2D eigenvalue weighted by Crippen LogP contribution is 2.30. The van der Waals surface area contributed by atoms with Crippen molar-refractivity contribution >= 4 is 28.5 Å². The van der Waals surface area contributed by atoms with E-state index in [1.165, 1.54) is 0 Å². The molecular formula is C28H29NO8. The van der Waals surface area contributed by atoms with Gasteiger partial charge in [-0.25, -0.2) is 4.79 Å². The first-order valence-electron chi connectivity index (χ1n) is 12.0. The molecule has 1 aromatic heterocycles. The molecule has 194 valence electrons. The summed E-state index contributed by atoms with van der Waals surface area (Å²) in [6.45, 7) is 3.75. The van der Waals surface area contributed by atoms with Crippen molar-refractivity contribution in [1.29, 1.82) is 0 Å². The molecule has 0 aliphatic carbocycles. The molecule has 0 unspecified atom stereocenters. The molecular weight excluding hydrogens is 478 g/mol. The van der Waals surface area contributed by atoms with Gasteiger partial charge in [0.2, 0.25) is 12.2 Å². The number of carbonyl (C=O) groups is 2. The lowest BCUT2D eigenvalue weighted by Crippen LogP contribution is -2.18. The fraction of sp³-hybridized carbons (Fsp3) is 0.321. The van der Waals surface area contributed by atoms with Crippen molar-refractivity contribution in [3.05, 3.63) is 76.2 Å². The summed E-state index contributed by atoms with van der Waals surface area (Å²) in [7, 11) is 0. The number of carbonyl (C=O) groups excluding carboxylic acids is 2. The number of rotatable bonds is 9. The lowest BCUT2D eigenvalue weighted by molar-refractivity contribution is -0.134. The monoisotopic (exact) mass is 507 g/mol. The van der Waals surface area contributed by atoms with Gasteiger partial charge in [0, 0.05) is 30.2 Å². The summed E-state index contributed by atoms with van der Waals surface area (Å²) in [6.07, 6.45) is 1.69. The SMILES string of the molecule is CC(=CCCC(=O)Oc1ccccc1)CC(=O)Nc1cc2ccc(O[C@H]3C[C@@H](O)CO3)c(C)c2oc1=O. The summed E-state index contributed by atoms with van der Waals surface area (Å²) < 4.78 is 21.9. The van der Waals surface area contributed by atoms with Gasteiger partial charge in [-0.05, 0) is 50.6 Å². The molecule has 1 aliphatic rings. The number of hydrogen-bond acceptors (Lipinski definition) is 8. The molecule has 37 heavy (non-hydrogen) atoms. The summed E-state index contributed by atoms with van der Waals surface area (Å²) in [5, 5.41) is 12.8. The molecule has 3 aromatic rings. The van der Waals surface area contributed by atoms with E-state index in [9.17, 15) is 19.5 Å². The molecule has 9 heteroatoms. The maximum absolute atomic E-state index is 12.6. The van der Waals surface area contributed by atoms with Gasteiger partial charge in [0.1, 0.15) is 22.8 Å². The first kappa shape index (κ1) is 26.1. The Labute approximate surface area is 213 Å². The molecule has 2 aromatic carbocycles. The highest BCUT2D eigenvalue weighted by molar-refractivity contribution is 5.94. The Morgan fingerprint density at radius 1 is 1.19 bits per heavy atom. The van der Waals surface area contributed by atoms with Gasteiger partial charge in [-0.15, -0.1) is 0 Å². The van der Waals surface area contributed by atoms with Crippen molar-refractivity contribution in [3.8, 4) is 11.5 Å². The number of allylic oxidation sites excluding steroid dienone is 1. The molecule has 4 rings (SSSR count). The maximum atomic E-state index is 12.6. The van der Waals surface area contributed by atoms with Crippen LogP contribution in [0.5, 0.6) is 11.5 Å². The maximum Gasteiger partial charge on any atom is 0.360 e. The van der Waals surface area contributed by atoms with E-state index in [-0.39, 0.29) is 37.0 Å². The highest BCUT2D eigenvalue weighted by Gasteiger charge is 2.26. The third-order valence-corrected chi connectivity index (χ3v) is 5.83. The minimum absolute atomic E-state index is 0.0343. The Balaban J connectivity index is 1.33. The second kappa shape index (κ2) is 11.9. The Morgan fingerprint density at radius 2 is 1.97 bits per heavy atom. The van der Waals surface area contributed by atoms with Crippen molar-refractivity contribution < 1.29 is 33.3 Å². The Hall–Kier alpha value is -3.95. The van der Waals surface area contributed by atoms with Crippen molar-refractivity contribution in [2.75, 3.05) is 11.9 Å². The van der Waals surface area contributed by atoms with Crippen LogP contribution in [0.15, 0.2) is 69.4 Å². The summed E-state index contributed by atoms with van der Waals surface area (Å²) in [5.41, 5.74) is 1.07. The molecule has 2 atom stereocenters. The first-order valence-corrected chi connectivity index (χ1v) is 12.0. The number of esters is 1. The molecule has 0 spiro atoms. The molecule has 0 bridgehead atoms. The van der Waals surface area contributed by atoms with Crippen molar-refractivity contribution in [3.63, 3.8) is 0 Å². The Kier molecular flexibility index (Phi) is 8.37. The number of hydrogen-bond donors (Lipinski definition) is 2. The van der Waals surface area contributed by atoms with Gasteiger partial charge in [-0.3, -0.25) is 9.59 Å². The fourth-order valence-corrected chi connectivity index (χ4v) is 3.95. The number of anilines is 1. The average Bonchev–Trinajstić information content (AvgIpc) is 3.27. The topological polar surface area (TPSA) is 124 Å². The van der Waals surface area contributed by atoms with Crippen molar-refractivity contribution in [2.24, 2.45) is 0 Å². The zero-order valence-corrected chi connectivity index (χ0v) is 20.7. The van der Waals surface area contributed by atoms with Crippen molar-refractivity contribution in [2.45, 2.75) is 51.9 Å². The van der Waals surface area contributed by atoms with E-state index >= 15 is 0 Å². The lowest BCUT2D eigenvalue weighted by Gasteiger charge is -2.15. The molecule has 9 nitrogen and oxygen atoms in total. The third-order valence-electron chi connectivity index (χ3n) is 5.83. The van der Waals surface area contributed by atoms with Crippen LogP contribution in [0.2, 0.25) is 0 Å². The summed E-state index contributed by atoms with van der Waals surface area (Å²) in [5.74, 6) is 0.245. The van der Waals surface area contributed by atoms with E-state index in [0.717, 1.165) is 5.57 Å². The number of benzene rings is 2. The molecule has 1 aliphatic heterocycles. The van der Waals surface area contributed by atoms with E-state index in [0.29, 0.717) is 40.9 Å². The number of fused-ring (bicyclic) bond motifs is 1. The number of nitrogens with one attached hydrogen (secondary N) is 1. The fourth-order valence-electron chi connectivity index (χ4n) is 3.95. The lowest BCUT2D eigenvalue weighted by atomic mass is 10.1. The van der Waals surface area contributed by atoms with Gasteiger partial charge in [0.05, 0.1) is 12.7 Å². The molecule has 1 amide bonds. The molecule has 2 N–H and O–H groups in total. The van der Waals surface area contributed by atoms with Gasteiger partial charge in [-0.1, -0.05) is 29.8 Å². The minimum atomic E-state index is -0.682. The predicted octanol–water partition coefficient (Wildman–Crippen LogP) is 4.25.